The van der Waals surface area contributed by atoms with Gasteiger partial charge in [-0.15, -0.1) is 0 Å². The Morgan fingerprint density at radius 1 is 1.58 bits per heavy atom. The molecule has 12 heavy (non-hydrogen) atoms. The van der Waals surface area contributed by atoms with Crippen molar-refractivity contribution < 1.29 is 4.79 Å². The van der Waals surface area contributed by atoms with Crippen molar-refractivity contribution in [2.45, 2.75) is 0 Å². The summed E-state index contributed by atoms with van der Waals surface area (Å²) in [6.45, 7) is -0.0190. The first-order valence-electron chi connectivity index (χ1n) is 3.51. The molecule has 0 amide bonds. The van der Waals surface area contributed by atoms with Gasteiger partial charge >= 0.3 is 0 Å². The molecule has 0 atom stereocenters. The van der Waals surface area contributed by atoms with Gasteiger partial charge in [0.25, 0.3) is 0 Å². The normalized spacial score (nSPS) is 9.00. The summed E-state index contributed by atoms with van der Waals surface area (Å²) < 4.78 is 0. The molecule has 3 nitrogen and oxygen atoms in total. The van der Waals surface area contributed by atoms with E-state index in [1.807, 2.05) is 6.07 Å². The molecule has 0 unspecified atom stereocenters. The van der Waals surface area contributed by atoms with Crippen molar-refractivity contribution in [2.24, 2.45) is 5.73 Å². The molecule has 0 spiro atoms. The highest BCUT2D eigenvalue weighted by Crippen LogP contribution is 2.03. The molecule has 0 aliphatic rings. The zero-order valence-electron chi connectivity index (χ0n) is 6.45. The average molecular weight is 160 g/mol. The third kappa shape index (κ3) is 1.68. The van der Waals surface area contributed by atoms with Gasteiger partial charge in [0.15, 0.2) is 5.78 Å². The molecule has 0 bridgehead atoms. The van der Waals surface area contributed by atoms with Crippen LogP contribution in [0.3, 0.4) is 0 Å². The molecule has 0 heterocycles. The van der Waals surface area contributed by atoms with E-state index < -0.39 is 0 Å². The fourth-order valence-corrected chi connectivity index (χ4v) is 0.880. The Kier molecular flexibility index (Phi) is 2.57. The second kappa shape index (κ2) is 3.65. The van der Waals surface area contributed by atoms with Crippen LogP contribution in [0.25, 0.3) is 0 Å². The average Bonchev–Trinajstić information content (AvgIpc) is 2.17. The maximum absolute atomic E-state index is 11.0. The Labute approximate surface area is 70.4 Å². The van der Waals surface area contributed by atoms with Crippen LogP contribution in [0.2, 0.25) is 0 Å². The topological polar surface area (TPSA) is 66.9 Å². The van der Waals surface area contributed by atoms with E-state index in [-0.39, 0.29) is 12.3 Å². The fourth-order valence-electron chi connectivity index (χ4n) is 0.880. The van der Waals surface area contributed by atoms with E-state index >= 15 is 0 Å². The van der Waals surface area contributed by atoms with Gasteiger partial charge in [-0.1, -0.05) is 12.1 Å². The number of nitriles is 1. The SMILES string of the molecule is N#Cc1cccc(C(=O)CN)c1. The third-order valence-corrected chi connectivity index (χ3v) is 1.50. The lowest BCUT2D eigenvalue weighted by Gasteiger charge is -1.96. The summed E-state index contributed by atoms with van der Waals surface area (Å²) in [6.07, 6.45) is 0. The van der Waals surface area contributed by atoms with Crippen LogP contribution in [0.1, 0.15) is 15.9 Å². The molecule has 0 aromatic heterocycles. The van der Waals surface area contributed by atoms with Crippen LogP contribution in [-0.2, 0) is 0 Å². The number of hydrogen-bond acceptors (Lipinski definition) is 3. The quantitative estimate of drug-likeness (QED) is 0.647. The predicted molar refractivity (Wildman–Crippen MR) is 44.5 cm³/mol. The van der Waals surface area contributed by atoms with E-state index in [9.17, 15) is 4.79 Å². The number of nitrogens with two attached hydrogens (primary N) is 1. The van der Waals surface area contributed by atoms with Gasteiger partial charge in [-0.25, -0.2) is 0 Å². The van der Waals surface area contributed by atoms with Crippen LogP contribution in [0, 0.1) is 11.3 Å². The van der Waals surface area contributed by atoms with Gasteiger partial charge in [0.05, 0.1) is 18.2 Å². The molecule has 1 rings (SSSR count). The Bertz CT molecular complexity index is 339. The van der Waals surface area contributed by atoms with E-state index in [1.54, 1.807) is 18.2 Å². The first-order valence-corrected chi connectivity index (χ1v) is 3.51. The number of nitrogens with zero attached hydrogens (tertiary/aromatic N) is 1. The molecule has 0 fully saturated rings. The van der Waals surface area contributed by atoms with E-state index in [0.717, 1.165) is 0 Å². The van der Waals surface area contributed by atoms with Crippen molar-refractivity contribution >= 4 is 5.78 Å². The number of carbonyl (C=O) groups excluding carboxylic acids is 1. The summed E-state index contributed by atoms with van der Waals surface area (Å²) in [5.41, 5.74) is 6.14. The summed E-state index contributed by atoms with van der Waals surface area (Å²) in [4.78, 5) is 11.0. The summed E-state index contributed by atoms with van der Waals surface area (Å²) in [5, 5.41) is 8.52. The van der Waals surface area contributed by atoms with Gasteiger partial charge in [0.2, 0.25) is 0 Å². The molecule has 1 aromatic rings. The van der Waals surface area contributed by atoms with Gasteiger partial charge in [0, 0.05) is 5.56 Å². The van der Waals surface area contributed by atoms with Gasteiger partial charge in [0.1, 0.15) is 0 Å². The molecule has 3 heteroatoms. The standard InChI is InChI=1S/C9H8N2O/c10-5-7-2-1-3-8(4-7)9(12)6-11/h1-4H,6,11H2. The molecule has 0 aliphatic heterocycles. The molecule has 0 aliphatic carbocycles. The first-order chi connectivity index (χ1) is 5.77. The summed E-state index contributed by atoms with van der Waals surface area (Å²) in [6, 6.07) is 8.45. The van der Waals surface area contributed by atoms with Crippen LogP contribution in [0.15, 0.2) is 24.3 Å². The lowest BCUT2D eigenvalue weighted by atomic mass is 10.1. The summed E-state index contributed by atoms with van der Waals surface area (Å²) in [7, 11) is 0. The molecule has 0 saturated heterocycles. The smallest absolute Gasteiger partial charge is 0.176 e. The van der Waals surface area contributed by atoms with Gasteiger partial charge in [-0.05, 0) is 12.1 Å². The minimum Gasteiger partial charge on any atom is -0.324 e. The van der Waals surface area contributed by atoms with E-state index in [0.29, 0.717) is 11.1 Å². The van der Waals surface area contributed by atoms with Crippen molar-refractivity contribution in [3.63, 3.8) is 0 Å². The van der Waals surface area contributed by atoms with Crippen molar-refractivity contribution in [1.29, 1.82) is 5.26 Å². The monoisotopic (exact) mass is 160 g/mol. The predicted octanol–water partition coefficient (Wildman–Crippen LogP) is 0.700. The number of carbonyl (C=O) groups is 1. The minimum atomic E-state index is -0.146. The van der Waals surface area contributed by atoms with Crippen LogP contribution in [-0.4, -0.2) is 12.3 Å². The maximum Gasteiger partial charge on any atom is 0.176 e. The van der Waals surface area contributed by atoms with Crippen LogP contribution < -0.4 is 5.73 Å². The molecular formula is C9H8N2O. The zero-order valence-corrected chi connectivity index (χ0v) is 6.45. The number of benzene rings is 1. The second-order valence-corrected chi connectivity index (χ2v) is 2.32. The number of hydrogen-bond donors (Lipinski definition) is 1. The number of Topliss-reactive ketones (excluding diaryl/α,β-unsaturated/α-hetero) is 1. The van der Waals surface area contributed by atoms with Gasteiger partial charge in [-0.3, -0.25) is 4.79 Å². The maximum atomic E-state index is 11.0. The van der Waals surface area contributed by atoms with E-state index in [4.69, 9.17) is 11.0 Å². The molecule has 1 aromatic carbocycles. The third-order valence-electron chi connectivity index (χ3n) is 1.50. The van der Waals surface area contributed by atoms with E-state index in [1.165, 1.54) is 6.07 Å². The molecular weight excluding hydrogens is 152 g/mol. The van der Waals surface area contributed by atoms with Crippen LogP contribution in [0.5, 0.6) is 0 Å². The molecule has 0 saturated carbocycles. The Balaban J connectivity index is 3.04. The lowest BCUT2D eigenvalue weighted by molar-refractivity contribution is 0.100. The Morgan fingerprint density at radius 2 is 2.33 bits per heavy atom. The van der Waals surface area contributed by atoms with Crippen LogP contribution >= 0.6 is 0 Å². The second-order valence-electron chi connectivity index (χ2n) is 2.32. The largest absolute Gasteiger partial charge is 0.324 e. The molecule has 2 N–H and O–H groups in total. The van der Waals surface area contributed by atoms with Crippen molar-refractivity contribution in [3.05, 3.63) is 35.4 Å². The summed E-state index contributed by atoms with van der Waals surface area (Å²) in [5.74, 6) is -0.146. The van der Waals surface area contributed by atoms with Crippen molar-refractivity contribution in [3.8, 4) is 6.07 Å². The Morgan fingerprint density at radius 3 is 2.92 bits per heavy atom. The van der Waals surface area contributed by atoms with E-state index in [2.05, 4.69) is 0 Å². The summed E-state index contributed by atoms with van der Waals surface area (Å²) >= 11 is 0. The van der Waals surface area contributed by atoms with Crippen molar-refractivity contribution in [2.75, 3.05) is 6.54 Å². The lowest BCUT2D eigenvalue weighted by Crippen LogP contribution is -2.13. The highest BCUT2D eigenvalue weighted by molar-refractivity contribution is 5.97. The van der Waals surface area contributed by atoms with Crippen molar-refractivity contribution in [1.82, 2.24) is 0 Å². The van der Waals surface area contributed by atoms with Gasteiger partial charge in [-0.2, -0.15) is 5.26 Å². The first kappa shape index (κ1) is 8.44. The zero-order chi connectivity index (χ0) is 8.97. The highest BCUT2D eigenvalue weighted by Gasteiger charge is 2.02. The number of ketones is 1. The van der Waals surface area contributed by atoms with Crippen LogP contribution in [0.4, 0.5) is 0 Å². The molecule has 60 valence electrons. The minimum absolute atomic E-state index is 0.0190. The fraction of sp³-hybridized carbons (Fsp3) is 0.111. The Hall–Kier alpha value is -1.66. The number of rotatable bonds is 2. The van der Waals surface area contributed by atoms with Gasteiger partial charge < -0.3 is 5.73 Å². The highest BCUT2D eigenvalue weighted by atomic mass is 16.1. The molecule has 0 radical (unpaired) electrons.